The molecule has 6 heteroatoms. The van der Waals surface area contributed by atoms with Gasteiger partial charge in [-0.05, 0) is 30.9 Å². The standard InChI is InChI=1S/C17H20N2O4/c20-15-9-12-6-7-13(10-18-15)19(12)16(21)8-5-11-3-1-2-4-14(11)17(22)23/h1-4,12-13H,5-10H2,(H,18,20)(H,22,23). The number of carbonyl (C=O) groups excluding carboxylic acids is 2. The second-order valence-electron chi connectivity index (χ2n) is 6.16. The monoisotopic (exact) mass is 316 g/mol. The number of rotatable bonds is 4. The summed E-state index contributed by atoms with van der Waals surface area (Å²) in [5.41, 5.74) is 0.917. The molecule has 1 aromatic rings. The lowest BCUT2D eigenvalue weighted by Gasteiger charge is -2.27. The minimum absolute atomic E-state index is 0.00576. The molecule has 23 heavy (non-hydrogen) atoms. The third-order valence-electron chi connectivity index (χ3n) is 4.72. The molecule has 0 aromatic heterocycles. The van der Waals surface area contributed by atoms with Crippen LogP contribution in [-0.4, -0.2) is 46.4 Å². The van der Waals surface area contributed by atoms with Crippen molar-refractivity contribution in [2.45, 2.75) is 44.2 Å². The van der Waals surface area contributed by atoms with Gasteiger partial charge in [0, 0.05) is 31.5 Å². The summed E-state index contributed by atoms with van der Waals surface area (Å²) in [4.78, 5) is 37.3. The molecule has 2 aliphatic heterocycles. The predicted octanol–water partition coefficient (Wildman–Crippen LogP) is 1.20. The van der Waals surface area contributed by atoms with Crippen LogP contribution in [0.1, 0.15) is 41.6 Å². The molecule has 2 N–H and O–H groups in total. The van der Waals surface area contributed by atoms with Crippen molar-refractivity contribution in [2.75, 3.05) is 6.54 Å². The lowest BCUT2D eigenvalue weighted by molar-refractivity contribution is -0.133. The first kappa shape index (κ1) is 15.5. The number of carbonyl (C=O) groups is 3. The lowest BCUT2D eigenvalue weighted by atomic mass is 10.0. The Hall–Kier alpha value is -2.37. The van der Waals surface area contributed by atoms with Crippen LogP contribution < -0.4 is 5.32 Å². The molecule has 2 aliphatic rings. The van der Waals surface area contributed by atoms with Gasteiger partial charge in [-0.15, -0.1) is 0 Å². The summed E-state index contributed by atoms with van der Waals surface area (Å²) in [6.45, 7) is 0.521. The Morgan fingerprint density at radius 3 is 2.74 bits per heavy atom. The molecule has 0 radical (unpaired) electrons. The number of aromatic carboxylic acids is 1. The number of fused-ring (bicyclic) bond motifs is 2. The average Bonchev–Trinajstić information content (AvgIpc) is 2.84. The number of nitrogens with zero attached hydrogens (tertiary/aromatic N) is 1. The SMILES string of the molecule is O=C1CC2CCC(CN1)N2C(=O)CCc1ccccc1C(=O)O. The number of carboxylic acids is 1. The van der Waals surface area contributed by atoms with E-state index in [0.29, 0.717) is 24.9 Å². The van der Waals surface area contributed by atoms with Crippen LogP contribution in [-0.2, 0) is 16.0 Å². The van der Waals surface area contributed by atoms with Crippen LogP contribution >= 0.6 is 0 Å². The summed E-state index contributed by atoms with van der Waals surface area (Å²) in [5.74, 6) is -0.960. The molecule has 0 spiro atoms. The highest BCUT2D eigenvalue weighted by Gasteiger charge is 2.39. The highest BCUT2D eigenvalue weighted by atomic mass is 16.4. The number of carboxylic acid groups (broad SMARTS) is 1. The molecule has 2 heterocycles. The van der Waals surface area contributed by atoms with Gasteiger partial charge >= 0.3 is 5.97 Å². The fourth-order valence-electron chi connectivity index (χ4n) is 3.60. The Bertz CT molecular complexity index is 643. The van der Waals surface area contributed by atoms with Gasteiger partial charge in [-0.1, -0.05) is 18.2 Å². The van der Waals surface area contributed by atoms with Crippen molar-refractivity contribution in [3.63, 3.8) is 0 Å². The molecule has 1 aromatic carbocycles. The summed E-state index contributed by atoms with van der Waals surface area (Å²) in [6, 6.07) is 6.84. The highest BCUT2D eigenvalue weighted by Crippen LogP contribution is 2.29. The van der Waals surface area contributed by atoms with Crippen LogP contribution in [0.5, 0.6) is 0 Å². The van der Waals surface area contributed by atoms with Gasteiger partial charge in [0.15, 0.2) is 0 Å². The van der Waals surface area contributed by atoms with Crippen molar-refractivity contribution in [2.24, 2.45) is 0 Å². The maximum Gasteiger partial charge on any atom is 0.335 e. The topological polar surface area (TPSA) is 86.7 Å². The third kappa shape index (κ3) is 3.21. The van der Waals surface area contributed by atoms with E-state index in [1.807, 2.05) is 4.90 Å². The zero-order valence-electron chi connectivity index (χ0n) is 12.8. The van der Waals surface area contributed by atoms with Crippen molar-refractivity contribution in [3.05, 3.63) is 35.4 Å². The zero-order chi connectivity index (χ0) is 16.4. The first-order chi connectivity index (χ1) is 11.1. The van der Waals surface area contributed by atoms with E-state index in [1.165, 1.54) is 0 Å². The van der Waals surface area contributed by atoms with Crippen molar-refractivity contribution in [1.82, 2.24) is 10.2 Å². The molecule has 0 saturated carbocycles. The molecular weight excluding hydrogens is 296 g/mol. The van der Waals surface area contributed by atoms with Gasteiger partial charge in [-0.25, -0.2) is 4.79 Å². The van der Waals surface area contributed by atoms with Crippen LogP contribution in [0.4, 0.5) is 0 Å². The molecule has 2 bridgehead atoms. The van der Waals surface area contributed by atoms with E-state index < -0.39 is 5.97 Å². The van der Waals surface area contributed by atoms with Crippen molar-refractivity contribution >= 4 is 17.8 Å². The quantitative estimate of drug-likeness (QED) is 0.874. The lowest BCUT2D eigenvalue weighted by Crippen LogP contribution is -2.42. The van der Waals surface area contributed by atoms with Crippen LogP contribution in [0.2, 0.25) is 0 Å². The van der Waals surface area contributed by atoms with Crippen molar-refractivity contribution in [1.29, 1.82) is 0 Å². The van der Waals surface area contributed by atoms with E-state index in [1.54, 1.807) is 24.3 Å². The molecule has 122 valence electrons. The zero-order valence-corrected chi connectivity index (χ0v) is 12.8. The fraction of sp³-hybridized carbons (Fsp3) is 0.471. The first-order valence-electron chi connectivity index (χ1n) is 7.95. The average molecular weight is 316 g/mol. The molecule has 0 aliphatic carbocycles. The van der Waals surface area contributed by atoms with Crippen LogP contribution in [0.3, 0.4) is 0 Å². The maximum atomic E-state index is 12.6. The molecule has 6 nitrogen and oxygen atoms in total. The largest absolute Gasteiger partial charge is 0.478 e. The maximum absolute atomic E-state index is 12.6. The molecule has 3 rings (SSSR count). The number of amides is 2. The number of hydrogen-bond donors (Lipinski definition) is 2. The van der Waals surface area contributed by atoms with Crippen LogP contribution in [0.15, 0.2) is 24.3 Å². The van der Waals surface area contributed by atoms with Gasteiger partial charge in [0.2, 0.25) is 11.8 Å². The van der Waals surface area contributed by atoms with Crippen molar-refractivity contribution in [3.8, 4) is 0 Å². The number of hydrogen-bond acceptors (Lipinski definition) is 3. The summed E-state index contributed by atoms with van der Waals surface area (Å²) < 4.78 is 0. The Labute approximate surface area is 134 Å². The van der Waals surface area contributed by atoms with E-state index in [-0.39, 0.29) is 35.9 Å². The van der Waals surface area contributed by atoms with Gasteiger partial charge in [0.25, 0.3) is 0 Å². The van der Waals surface area contributed by atoms with E-state index >= 15 is 0 Å². The second-order valence-corrected chi connectivity index (χ2v) is 6.16. The molecule has 2 unspecified atom stereocenters. The Balaban J connectivity index is 1.68. The van der Waals surface area contributed by atoms with Crippen LogP contribution in [0.25, 0.3) is 0 Å². The summed E-state index contributed by atoms with van der Waals surface area (Å²) in [6.07, 6.45) is 2.83. The van der Waals surface area contributed by atoms with E-state index in [0.717, 1.165) is 12.8 Å². The number of nitrogens with one attached hydrogen (secondary N) is 1. The number of benzene rings is 1. The predicted molar refractivity (Wildman–Crippen MR) is 83.0 cm³/mol. The summed E-state index contributed by atoms with van der Waals surface area (Å²) >= 11 is 0. The smallest absolute Gasteiger partial charge is 0.335 e. The molecule has 2 fully saturated rings. The minimum Gasteiger partial charge on any atom is -0.478 e. The Kier molecular flexibility index (Phi) is 4.32. The van der Waals surface area contributed by atoms with Gasteiger partial charge in [0.1, 0.15) is 0 Å². The first-order valence-corrected chi connectivity index (χ1v) is 7.95. The molecular formula is C17H20N2O4. The van der Waals surface area contributed by atoms with Gasteiger partial charge in [-0.2, -0.15) is 0 Å². The molecule has 2 atom stereocenters. The van der Waals surface area contributed by atoms with Gasteiger partial charge in [0.05, 0.1) is 5.56 Å². The second kappa shape index (κ2) is 6.40. The minimum atomic E-state index is -0.974. The number of aryl methyl sites for hydroxylation is 1. The summed E-state index contributed by atoms with van der Waals surface area (Å²) in [5, 5.41) is 12.0. The summed E-state index contributed by atoms with van der Waals surface area (Å²) in [7, 11) is 0. The Morgan fingerprint density at radius 1 is 1.22 bits per heavy atom. The van der Waals surface area contributed by atoms with Gasteiger partial charge < -0.3 is 15.3 Å². The molecule has 2 saturated heterocycles. The van der Waals surface area contributed by atoms with E-state index in [4.69, 9.17) is 0 Å². The third-order valence-corrected chi connectivity index (χ3v) is 4.72. The highest BCUT2D eigenvalue weighted by molar-refractivity contribution is 5.89. The van der Waals surface area contributed by atoms with Crippen LogP contribution in [0, 0.1) is 0 Å². The van der Waals surface area contributed by atoms with E-state index in [9.17, 15) is 19.5 Å². The van der Waals surface area contributed by atoms with E-state index in [2.05, 4.69) is 5.32 Å². The normalized spacial score (nSPS) is 23.3. The van der Waals surface area contributed by atoms with Crippen molar-refractivity contribution < 1.29 is 19.5 Å². The Morgan fingerprint density at radius 2 is 1.96 bits per heavy atom. The fourth-order valence-corrected chi connectivity index (χ4v) is 3.60. The molecule has 2 amide bonds. The van der Waals surface area contributed by atoms with Gasteiger partial charge in [-0.3, -0.25) is 9.59 Å².